The zero-order chi connectivity index (χ0) is 41.8. The van der Waals surface area contributed by atoms with Gasteiger partial charge in [-0.15, -0.1) is 21.5 Å². The number of likely N-dealkylation sites (tertiary alicyclic amines) is 2. The zero-order valence-corrected chi connectivity index (χ0v) is 34.7. The second-order valence-corrected chi connectivity index (χ2v) is 17.5. The number of carbonyl (C=O) groups is 3. The number of nitrogens with zero attached hydrogens (tertiary/aromatic N) is 7. The first-order valence-electron chi connectivity index (χ1n) is 19.9. The van der Waals surface area contributed by atoms with Crippen molar-refractivity contribution in [3.8, 4) is 38.6 Å². The molecule has 3 amide bonds. The van der Waals surface area contributed by atoms with Gasteiger partial charge in [-0.1, -0.05) is 57.2 Å². The van der Waals surface area contributed by atoms with Crippen LogP contribution in [0.1, 0.15) is 51.3 Å². The van der Waals surface area contributed by atoms with Crippen LogP contribution in [0.4, 0.5) is 5.82 Å². The van der Waals surface area contributed by atoms with Gasteiger partial charge in [-0.3, -0.25) is 24.0 Å². The maximum Gasteiger partial charge on any atom is 0.246 e. The van der Waals surface area contributed by atoms with Crippen LogP contribution < -0.4 is 16.4 Å². The van der Waals surface area contributed by atoms with Gasteiger partial charge < -0.3 is 31.5 Å². The summed E-state index contributed by atoms with van der Waals surface area (Å²) >= 11 is 1.58. The maximum atomic E-state index is 14.1. The van der Waals surface area contributed by atoms with Gasteiger partial charge in [0.2, 0.25) is 17.7 Å². The Morgan fingerprint density at radius 2 is 1.76 bits per heavy atom. The molecule has 7 rings (SSSR count). The Labute approximate surface area is 347 Å². The Morgan fingerprint density at radius 1 is 1.02 bits per heavy atom. The van der Waals surface area contributed by atoms with E-state index in [0.29, 0.717) is 42.4 Å². The average molecular weight is 821 g/mol. The number of anilines is 1. The monoisotopic (exact) mass is 820 g/mol. The van der Waals surface area contributed by atoms with Crippen molar-refractivity contribution in [3.63, 3.8) is 0 Å². The van der Waals surface area contributed by atoms with Crippen LogP contribution in [0.2, 0.25) is 0 Å². The molecule has 0 radical (unpaired) electrons. The molecule has 5 aromatic rings. The Balaban J connectivity index is 0.905. The van der Waals surface area contributed by atoms with E-state index in [0.717, 1.165) is 40.1 Å². The highest BCUT2D eigenvalue weighted by Crippen LogP contribution is 2.33. The first-order valence-corrected chi connectivity index (χ1v) is 20.8. The number of nitrogens with two attached hydrogens (primary N) is 1. The molecule has 3 atom stereocenters. The number of aliphatic hydroxyl groups excluding tert-OH is 1. The van der Waals surface area contributed by atoms with Crippen molar-refractivity contribution in [1.29, 1.82) is 0 Å². The molecule has 59 heavy (non-hydrogen) atoms. The number of amides is 3. The average Bonchev–Trinajstić information content (AvgIpc) is 3.97. The van der Waals surface area contributed by atoms with E-state index in [1.54, 1.807) is 41.8 Å². The van der Waals surface area contributed by atoms with Crippen LogP contribution in [0, 0.1) is 18.3 Å². The fourth-order valence-corrected chi connectivity index (χ4v) is 8.65. The van der Waals surface area contributed by atoms with Crippen molar-refractivity contribution in [2.45, 2.75) is 78.2 Å². The third-order valence-electron chi connectivity index (χ3n) is 11.2. The quantitative estimate of drug-likeness (QED) is 0.120. The number of thiazole rings is 1. The summed E-state index contributed by atoms with van der Waals surface area (Å²) < 4.78 is 1.90. The summed E-state index contributed by atoms with van der Waals surface area (Å²) in [5, 5.41) is 39.8. The smallest absolute Gasteiger partial charge is 0.246 e. The molecular formula is C43H52N10O5S. The number of hydrogen-bond donors (Lipinski definition) is 5. The van der Waals surface area contributed by atoms with Crippen LogP contribution in [-0.4, -0.2) is 107 Å². The lowest BCUT2D eigenvalue weighted by molar-refractivity contribution is -0.144. The van der Waals surface area contributed by atoms with Crippen LogP contribution in [0.3, 0.4) is 0 Å². The van der Waals surface area contributed by atoms with E-state index in [2.05, 4.69) is 35.8 Å². The van der Waals surface area contributed by atoms with Gasteiger partial charge >= 0.3 is 0 Å². The van der Waals surface area contributed by atoms with E-state index in [-0.39, 0.29) is 55.3 Å². The first kappa shape index (κ1) is 41.4. The van der Waals surface area contributed by atoms with Crippen molar-refractivity contribution in [1.82, 2.24) is 45.4 Å². The number of aromatic hydroxyl groups is 1. The number of β-amino-alcohol motifs (C(OH)–C–C–N with tert-alkyl or cyclic N) is 1. The molecule has 0 aliphatic carbocycles. The number of nitrogen functional groups attached to an aromatic ring is 1. The molecule has 0 saturated carbocycles. The molecular weight excluding hydrogens is 769 g/mol. The van der Waals surface area contributed by atoms with Gasteiger partial charge in [0, 0.05) is 48.9 Å². The number of rotatable bonds is 12. The maximum absolute atomic E-state index is 14.1. The van der Waals surface area contributed by atoms with E-state index in [1.807, 2.05) is 74.4 Å². The first-order chi connectivity index (χ1) is 28.2. The lowest BCUT2D eigenvalue weighted by atomic mass is 9.85. The van der Waals surface area contributed by atoms with Gasteiger partial charge in [0.15, 0.2) is 5.82 Å². The summed E-state index contributed by atoms with van der Waals surface area (Å²) in [6, 6.07) is 14.9. The highest BCUT2D eigenvalue weighted by Gasteiger charge is 2.44. The molecule has 2 aliphatic heterocycles. The molecule has 1 unspecified atom stereocenters. The predicted molar refractivity (Wildman–Crippen MR) is 226 cm³/mol. The molecule has 0 spiro atoms. The molecule has 5 heterocycles. The number of para-hydroxylation sites is 1. The Hall–Kier alpha value is -5.71. The lowest BCUT2D eigenvalue weighted by Crippen LogP contribution is -2.58. The normalized spacial score (nSPS) is 18.2. The Morgan fingerprint density at radius 3 is 2.46 bits per heavy atom. The molecule has 3 aromatic heterocycles. The fourth-order valence-electron chi connectivity index (χ4n) is 7.84. The standard InChI is InChI=1S/C43H52N10O5S/c1-26-38(59-25-46-26)29-11-9-27(10-12-29)19-45-41(57)35-17-31(54)23-53(35)42(58)39(43(2,3)4)48-37(56)24-51-15-13-28(14-16-51)21-52-22-30(20-47-52)33-18-34(49-50-40(33)44)32-7-5-6-8-36(32)55/h5-12,18,20,22,25,28,31,35,39,54-55H,13-17,19,21,23-24H2,1-4H3,(H2,44,50)(H,45,57)(H,48,56)/t31-,35+,39?/m1/s1. The van der Waals surface area contributed by atoms with Crippen molar-refractivity contribution in [3.05, 3.63) is 83.8 Å². The van der Waals surface area contributed by atoms with Crippen LogP contribution in [0.25, 0.3) is 32.8 Å². The fraction of sp³-hybridized carbons (Fsp3) is 0.419. The van der Waals surface area contributed by atoms with Crippen molar-refractivity contribution in [2.24, 2.45) is 11.3 Å². The molecule has 6 N–H and O–H groups in total. The van der Waals surface area contributed by atoms with Gasteiger partial charge in [0.1, 0.15) is 17.8 Å². The number of benzene rings is 2. The number of aliphatic hydroxyl groups is 1. The van der Waals surface area contributed by atoms with Crippen LogP contribution in [0.5, 0.6) is 5.75 Å². The van der Waals surface area contributed by atoms with E-state index < -0.39 is 23.6 Å². The molecule has 2 fully saturated rings. The van der Waals surface area contributed by atoms with Crippen molar-refractivity contribution in [2.75, 3.05) is 31.9 Å². The van der Waals surface area contributed by atoms with Crippen LogP contribution >= 0.6 is 11.3 Å². The second-order valence-electron chi connectivity index (χ2n) is 16.7. The number of aromatic nitrogens is 5. The third-order valence-corrected chi connectivity index (χ3v) is 12.2. The molecule has 2 saturated heterocycles. The molecule has 2 aliphatic rings. The summed E-state index contributed by atoms with van der Waals surface area (Å²) in [5.41, 5.74) is 12.8. The summed E-state index contributed by atoms with van der Waals surface area (Å²) in [6.45, 7) is 10.2. The van der Waals surface area contributed by atoms with E-state index in [9.17, 15) is 24.6 Å². The number of nitrogens with one attached hydrogen (secondary N) is 2. The number of piperidine rings is 1. The highest BCUT2D eigenvalue weighted by atomic mass is 32.1. The summed E-state index contributed by atoms with van der Waals surface area (Å²) in [6.07, 6.45) is 4.67. The number of carbonyl (C=O) groups excluding carboxylic acids is 3. The summed E-state index contributed by atoms with van der Waals surface area (Å²) in [5.74, 6) is -0.282. The highest BCUT2D eigenvalue weighted by molar-refractivity contribution is 7.13. The van der Waals surface area contributed by atoms with Gasteiger partial charge in [-0.2, -0.15) is 5.10 Å². The van der Waals surface area contributed by atoms with Gasteiger partial charge in [-0.25, -0.2) is 4.98 Å². The topological polar surface area (TPSA) is 205 Å². The minimum atomic E-state index is -0.899. The number of phenols is 1. The van der Waals surface area contributed by atoms with Crippen LogP contribution in [-0.2, 0) is 27.5 Å². The van der Waals surface area contributed by atoms with Crippen LogP contribution in [0.15, 0.2) is 72.5 Å². The lowest BCUT2D eigenvalue weighted by Gasteiger charge is -2.36. The van der Waals surface area contributed by atoms with Gasteiger partial charge in [0.25, 0.3) is 0 Å². The molecule has 15 nitrogen and oxygen atoms in total. The molecule has 0 bridgehead atoms. The summed E-state index contributed by atoms with van der Waals surface area (Å²) in [4.78, 5) is 50.1. The van der Waals surface area contributed by atoms with E-state index in [1.165, 1.54) is 4.90 Å². The second kappa shape index (κ2) is 17.6. The minimum absolute atomic E-state index is 0.0135. The number of phenolic OH excluding ortho intramolecular Hbond substituents is 1. The predicted octanol–water partition coefficient (Wildman–Crippen LogP) is 4.25. The minimum Gasteiger partial charge on any atom is -0.507 e. The Kier molecular flexibility index (Phi) is 12.4. The number of hydrogen-bond acceptors (Lipinski definition) is 12. The van der Waals surface area contributed by atoms with E-state index >= 15 is 0 Å². The summed E-state index contributed by atoms with van der Waals surface area (Å²) in [7, 11) is 0. The Bertz CT molecular complexity index is 2280. The number of aryl methyl sites for hydroxylation is 1. The molecule has 2 aromatic carbocycles. The van der Waals surface area contributed by atoms with Crippen molar-refractivity contribution >= 4 is 34.9 Å². The van der Waals surface area contributed by atoms with Crippen molar-refractivity contribution < 1.29 is 24.6 Å². The molecule has 310 valence electrons. The van der Waals surface area contributed by atoms with Gasteiger partial charge in [0.05, 0.1) is 40.6 Å². The third kappa shape index (κ3) is 9.78. The van der Waals surface area contributed by atoms with E-state index in [4.69, 9.17) is 5.73 Å². The van der Waals surface area contributed by atoms with Gasteiger partial charge in [-0.05, 0) is 73.5 Å². The largest absolute Gasteiger partial charge is 0.507 e. The molecule has 16 heteroatoms. The zero-order valence-electron chi connectivity index (χ0n) is 33.8. The SMILES string of the molecule is Cc1ncsc1-c1ccc(CNC(=O)[C@@H]2C[C@@H](O)CN2C(=O)C(NC(=O)CN2CCC(Cn3cc(-c4cc(-c5ccccc5O)nnc4N)cn3)CC2)C(C)(C)C)cc1.